The van der Waals surface area contributed by atoms with Crippen LogP contribution in [0.4, 0.5) is 0 Å². The lowest BCUT2D eigenvalue weighted by Gasteiger charge is -2.39. The molecule has 1 aromatic rings. The number of likely N-dealkylation sites (tertiary alicyclic amines) is 1. The van der Waals surface area contributed by atoms with Crippen molar-refractivity contribution in [3.05, 3.63) is 16.1 Å². The summed E-state index contributed by atoms with van der Waals surface area (Å²) < 4.78 is 0. The van der Waals surface area contributed by atoms with Crippen molar-refractivity contribution in [2.24, 2.45) is 4.99 Å². The minimum absolute atomic E-state index is 0.0249. The highest BCUT2D eigenvalue weighted by molar-refractivity contribution is 7.11. The van der Waals surface area contributed by atoms with E-state index in [4.69, 9.17) is 4.99 Å². The Morgan fingerprint density at radius 1 is 1.22 bits per heavy atom. The maximum atomic E-state index is 12.7. The van der Waals surface area contributed by atoms with Crippen molar-refractivity contribution < 1.29 is 4.79 Å². The van der Waals surface area contributed by atoms with Gasteiger partial charge in [0, 0.05) is 56.9 Å². The molecule has 0 bridgehead atoms. The number of carbonyl (C=O) groups excluding carboxylic acids is 1. The summed E-state index contributed by atoms with van der Waals surface area (Å²) in [6.45, 7) is 13.1. The van der Waals surface area contributed by atoms with Gasteiger partial charge in [-0.05, 0) is 33.6 Å². The Morgan fingerprint density at radius 2 is 1.93 bits per heavy atom. The van der Waals surface area contributed by atoms with Crippen LogP contribution in [0.1, 0.15) is 36.6 Å². The average Bonchev–Trinajstić information content (AvgIpc) is 3.36. The Hall–Kier alpha value is -1.67. The smallest absolute Gasteiger partial charge is 0.239 e. The lowest BCUT2D eigenvalue weighted by atomic mass is 10.2. The molecule has 2 aliphatic heterocycles. The molecule has 27 heavy (non-hydrogen) atoms. The van der Waals surface area contributed by atoms with Crippen molar-refractivity contribution >= 4 is 23.2 Å². The number of aryl methyl sites for hydroxylation is 1. The molecular formula is C19H32N6OS. The Morgan fingerprint density at radius 3 is 2.52 bits per heavy atom. The number of carbonyl (C=O) groups is 1. The second-order valence-electron chi connectivity index (χ2n) is 7.27. The fraction of sp³-hybridized carbons (Fsp3) is 0.737. The van der Waals surface area contributed by atoms with E-state index in [9.17, 15) is 4.79 Å². The van der Waals surface area contributed by atoms with Gasteiger partial charge >= 0.3 is 0 Å². The van der Waals surface area contributed by atoms with Crippen LogP contribution in [0, 0.1) is 6.92 Å². The van der Waals surface area contributed by atoms with Crippen LogP contribution in [0.2, 0.25) is 0 Å². The van der Waals surface area contributed by atoms with Crippen LogP contribution in [0.15, 0.2) is 11.2 Å². The van der Waals surface area contributed by atoms with Crippen molar-refractivity contribution in [2.45, 2.75) is 46.2 Å². The van der Waals surface area contributed by atoms with Gasteiger partial charge in [0.05, 0.1) is 12.6 Å². The van der Waals surface area contributed by atoms with Crippen molar-refractivity contribution in [2.75, 3.05) is 45.8 Å². The first-order valence-electron chi connectivity index (χ1n) is 10.1. The van der Waals surface area contributed by atoms with Crippen LogP contribution in [0.5, 0.6) is 0 Å². The molecule has 1 atom stereocenters. The molecule has 2 saturated heterocycles. The monoisotopic (exact) mass is 392 g/mol. The van der Waals surface area contributed by atoms with Crippen LogP contribution >= 0.6 is 11.3 Å². The summed E-state index contributed by atoms with van der Waals surface area (Å²) in [5, 5.41) is 4.45. The lowest BCUT2D eigenvalue weighted by molar-refractivity contribution is -0.135. The third-order valence-electron chi connectivity index (χ3n) is 5.30. The van der Waals surface area contributed by atoms with Gasteiger partial charge in [0.15, 0.2) is 5.96 Å². The zero-order valence-electron chi connectivity index (χ0n) is 16.8. The molecule has 8 heteroatoms. The Labute approximate surface area is 166 Å². The third-order valence-corrected chi connectivity index (χ3v) is 6.20. The number of rotatable bonds is 5. The van der Waals surface area contributed by atoms with Gasteiger partial charge in [-0.25, -0.2) is 9.98 Å². The van der Waals surface area contributed by atoms with Gasteiger partial charge in [-0.2, -0.15) is 0 Å². The third kappa shape index (κ3) is 5.19. The number of aromatic nitrogens is 1. The topological polar surface area (TPSA) is 64.1 Å². The zero-order chi connectivity index (χ0) is 19.2. The molecule has 1 N–H and O–H groups in total. The second-order valence-corrected chi connectivity index (χ2v) is 8.59. The first-order chi connectivity index (χ1) is 13.1. The van der Waals surface area contributed by atoms with Crippen LogP contribution in [0.3, 0.4) is 0 Å². The van der Waals surface area contributed by atoms with E-state index in [2.05, 4.69) is 40.9 Å². The summed E-state index contributed by atoms with van der Waals surface area (Å²) in [6.07, 6.45) is 4.20. The van der Waals surface area contributed by atoms with Crippen molar-refractivity contribution in [3.8, 4) is 0 Å². The molecule has 1 unspecified atom stereocenters. The van der Waals surface area contributed by atoms with Gasteiger partial charge in [-0.15, -0.1) is 11.3 Å². The van der Waals surface area contributed by atoms with E-state index in [1.54, 1.807) is 11.3 Å². The Balaban J connectivity index is 1.54. The number of hydrogen-bond acceptors (Lipinski definition) is 5. The normalized spacial score (nSPS) is 20.2. The van der Waals surface area contributed by atoms with E-state index in [1.165, 1.54) is 4.88 Å². The first kappa shape index (κ1) is 20.1. The summed E-state index contributed by atoms with van der Waals surface area (Å²) in [6, 6.07) is -0.0249. The van der Waals surface area contributed by atoms with Crippen LogP contribution in [-0.2, 0) is 11.3 Å². The fourth-order valence-corrected chi connectivity index (χ4v) is 4.43. The van der Waals surface area contributed by atoms with E-state index in [0.29, 0.717) is 12.5 Å². The van der Waals surface area contributed by atoms with Gasteiger partial charge in [0.1, 0.15) is 5.01 Å². The number of hydrogen-bond donors (Lipinski definition) is 1. The summed E-state index contributed by atoms with van der Waals surface area (Å²) in [7, 11) is 0. The molecule has 0 aliphatic carbocycles. The number of piperazine rings is 1. The Bertz CT molecular complexity index is 646. The molecule has 1 amide bonds. The molecule has 0 saturated carbocycles. The highest BCUT2D eigenvalue weighted by Gasteiger charge is 2.30. The van der Waals surface area contributed by atoms with Crippen molar-refractivity contribution in [1.82, 2.24) is 25.0 Å². The summed E-state index contributed by atoms with van der Waals surface area (Å²) >= 11 is 1.70. The van der Waals surface area contributed by atoms with Crippen molar-refractivity contribution in [1.29, 1.82) is 0 Å². The number of guanidine groups is 1. The molecular weight excluding hydrogens is 360 g/mol. The number of nitrogens with one attached hydrogen (secondary N) is 1. The van der Waals surface area contributed by atoms with Gasteiger partial charge in [0.25, 0.3) is 0 Å². The second kappa shape index (κ2) is 9.50. The van der Waals surface area contributed by atoms with Crippen LogP contribution in [-0.4, -0.2) is 83.4 Å². The van der Waals surface area contributed by atoms with E-state index < -0.39 is 0 Å². The predicted octanol–water partition coefficient (Wildman–Crippen LogP) is 1.55. The minimum Gasteiger partial charge on any atom is -0.357 e. The number of aliphatic imine (C=N–C) groups is 1. The van der Waals surface area contributed by atoms with Crippen molar-refractivity contribution in [3.63, 3.8) is 0 Å². The highest BCUT2D eigenvalue weighted by atomic mass is 32.1. The van der Waals surface area contributed by atoms with Crippen LogP contribution in [0.25, 0.3) is 0 Å². The maximum Gasteiger partial charge on any atom is 0.239 e. The first-order valence-corrected chi connectivity index (χ1v) is 10.9. The van der Waals surface area contributed by atoms with Gasteiger partial charge in [0.2, 0.25) is 5.91 Å². The van der Waals surface area contributed by atoms with Gasteiger partial charge in [-0.3, -0.25) is 9.69 Å². The van der Waals surface area contributed by atoms with Gasteiger partial charge < -0.3 is 15.1 Å². The standard InChI is InChI=1S/C19H32N6OS/c1-4-20-19(22-14-17-21-13-15(2)27-17)25-11-9-23(10-12-25)16(3)18(26)24-7-5-6-8-24/h13,16H,4-12,14H2,1-3H3,(H,20,22). The molecule has 150 valence electrons. The minimum atomic E-state index is -0.0249. The molecule has 0 aromatic carbocycles. The molecule has 1 aromatic heterocycles. The maximum absolute atomic E-state index is 12.7. The number of nitrogens with zero attached hydrogens (tertiary/aromatic N) is 5. The summed E-state index contributed by atoms with van der Waals surface area (Å²) in [5.41, 5.74) is 0. The van der Waals surface area contributed by atoms with Gasteiger partial charge in [-0.1, -0.05) is 0 Å². The SMILES string of the molecule is CCNC(=NCc1ncc(C)s1)N1CCN(C(C)C(=O)N2CCCC2)CC1. The summed E-state index contributed by atoms with van der Waals surface area (Å²) in [4.78, 5) is 29.7. The number of thiazole rings is 1. The zero-order valence-corrected chi connectivity index (χ0v) is 17.6. The van der Waals surface area contributed by atoms with E-state index in [-0.39, 0.29) is 6.04 Å². The number of amides is 1. The molecule has 0 radical (unpaired) electrons. The quantitative estimate of drug-likeness (QED) is 0.608. The van der Waals surface area contributed by atoms with E-state index in [1.807, 2.05) is 11.1 Å². The average molecular weight is 393 g/mol. The Kier molecular flexibility index (Phi) is 7.07. The molecule has 3 heterocycles. The predicted molar refractivity (Wildman–Crippen MR) is 110 cm³/mol. The lowest BCUT2D eigenvalue weighted by Crippen LogP contribution is -2.57. The highest BCUT2D eigenvalue weighted by Crippen LogP contribution is 2.15. The molecule has 3 rings (SSSR count). The summed E-state index contributed by atoms with van der Waals surface area (Å²) in [5.74, 6) is 1.24. The fourth-order valence-electron chi connectivity index (χ4n) is 3.72. The van der Waals surface area contributed by atoms with Crippen LogP contribution < -0.4 is 5.32 Å². The molecule has 7 nitrogen and oxygen atoms in total. The van der Waals surface area contributed by atoms with E-state index >= 15 is 0 Å². The largest absolute Gasteiger partial charge is 0.357 e. The molecule has 2 fully saturated rings. The molecule has 0 spiro atoms. The van der Waals surface area contributed by atoms with E-state index in [0.717, 1.165) is 69.6 Å². The molecule has 2 aliphatic rings.